The first-order chi connectivity index (χ1) is 23.9. The third-order valence-corrected chi connectivity index (χ3v) is 9.37. The molecule has 1 aromatic heterocycles. The van der Waals surface area contributed by atoms with Crippen LogP contribution in [0.25, 0.3) is 0 Å². The van der Waals surface area contributed by atoms with Crippen molar-refractivity contribution in [3.05, 3.63) is 57.5 Å². The summed E-state index contributed by atoms with van der Waals surface area (Å²) in [4.78, 5) is 56.2. The Kier molecular flexibility index (Phi) is 14.5. The molecule has 0 bridgehead atoms. The highest BCUT2D eigenvalue weighted by atomic mass is 16.7. The van der Waals surface area contributed by atoms with Crippen molar-refractivity contribution in [2.45, 2.75) is 113 Å². The second-order valence-corrected chi connectivity index (χ2v) is 12.9. The first-order valence-corrected chi connectivity index (χ1v) is 17.1. The number of nitrogens with zero attached hydrogens (tertiary/aromatic N) is 3. The maximum atomic E-state index is 14.2. The van der Waals surface area contributed by atoms with E-state index in [1.54, 1.807) is 7.05 Å². The lowest BCUT2D eigenvalue weighted by atomic mass is 9.97. The number of carbonyl (C=O) groups is 2. The van der Waals surface area contributed by atoms with Gasteiger partial charge in [0.2, 0.25) is 5.91 Å². The molecule has 4 rings (SSSR count). The summed E-state index contributed by atoms with van der Waals surface area (Å²) in [6.07, 6.45) is -1.09. The van der Waals surface area contributed by atoms with Crippen molar-refractivity contribution >= 4 is 11.9 Å². The third-order valence-electron chi connectivity index (χ3n) is 9.37. The van der Waals surface area contributed by atoms with E-state index in [9.17, 15) is 39.6 Å². The number of allylic oxidation sites excluding steroid dienone is 1. The smallest absolute Gasteiger partial charge is 0.354 e. The highest BCUT2D eigenvalue weighted by molar-refractivity contribution is 5.96. The summed E-state index contributed by atoms with van der Waals surface area (Å²) in [6, 6.07) is -0.310. The van der Waals surface area contributed by atoms with Crippen molar-refractivity contribution in [1.82, 2.24) is 19.4 Å². The fraction of sp³-hybridized carbons (Fsp3) is 0.697. The summed E-state index contributed by atoms with van der Waals surface area (Å²) >= 11 is 0. The lowest BCUT2D eigenvalue weighted by molar-refractivity contribution is -0.232. The van der Waals surface area contributed by atoms with Gasteiger partial charge >= 0.3 is 11.7 Å². The standard InChI is InChI=1S/C33H51N5O12/c1-4-5-6-7-8-9-10-11-12-17-47-31(45)19-13-15-36(2)22(29(44)37(19)3)27(50-32-26(43)23(40)20(18-34)48-32)28-24(41)25(42)30(49-28)38-16-14-21(39)35-33(38)46/h4,13-14,16,20,22-28,30,32,40-43H,1,5-12,15,17-18,34H2,2-3H3,(H,35,39,46)/t20-,22+,23-,24+,25-,26-,27+,28+,30-,32+/m1/s1. The predicted octanol–water partition coefficient (Wildman–Crippen LogP) is -1.55. The monoisotopic (exact) mass is 709 g/mol. The van der Waals surface area contributed by atoms with Gasteiger partial charge in [0.15, 0.2) is 12.5 Å². The van der Waals surface area contributed by atoms with Crippen LogP contribution in [0.3, 0.4) is 0 Å². The number of amides is 1. The molecule has 10 atom stereocenters. The molecule has 3 aliphatic rings. The number of hydrogen-bond donors (Lipinski definition) is 6. The quantitative estimate of drug-likeness (QED) is 0.0610. The van der Waals surface area contributed by atoms with E-state index in [0.717, 1.165) is 66.7 Å². The van der Waals surface area contributed by atoms with Crippen LogP contribution in [-0.4, -0.2) is 141 Å². The van der Waals surface area contributed by atoms with Crippen molar-refractivity contribution in [2.75, 3.05) is 33.8 Å². The molecule has 7 N–H and O–H groups in total. The van der Waals surface area contributed by atoms with E-state index in [0.29, 0.717) is 6.42 Å². The van der Waals surface area contributed by atoms with Crippen molar-refractivity contribution in [3.63, 3.8) is 0 Å². The lowest BCUT2D eigenvalue weighted by Gasteiger charge is -2.38. The minimum Gasteiger partial charge on any atom is -0.461 e. The Morgan fingerprint density at radius 2 is 1.70 bits per heavy atom. The van der Waals surface area contributed by atoms with Gasteiger partial charge < -0.3 is 50.0 Å². The Morgan fingerprint density at radius 1 is 1.02 bits per heavy atom. The van der Waals surface area contributed by atoms with Crippen LogP contribution in [0.5, 0.6) is 0 Å². The topological polar surface area (TPSA) is 239 Å². The zero-order valence-electron chi connectivity index (χ0n) is 28.5. The fourth-order valence-corrected chi connectivity index (χ4v) is 6.43. The molecule has 3 aliphatic heterocycles. The molecule has 0 aromatic carbocycles. The van der Waals surface area contributed by atoms with Gasteiger partial charge in [-0.05, 0) is 32.4 Å². The third kappa shape index (κ3) is 9.15. The number of H-pyrrole nitrogens is 1. The summed E-state index contributed by atoms with van der Waals surface area (Å²) in [7, 11) is 2.93. The van der Waals surface area contributed by atoms with Gasteiger partial charge in [-0.1, -0.05) is 38.2 Å². The molecular formula is C33H51N5O12. The summed E-state index contributed by atoms with van der Waals surface area (Å²) < 4.78 is 24.1. The maximum Gasteiger partial charge on any atom is 0.354 e. The number of aromatic amines is 1. The number of aromatic nitrogens is 2. The zero-order chi connectivity index (χ0) is 36.5. The van der Waals surface area contributed by atoms with Gasteiger partial charge in [0.05, 0.1) is 6.61 Å². The largest absolute Gasteiger partial charge is 0.461 e. The number of likely N-dealkylation sites (N-methyl/N-ethyl adjacent to an activating group) is 2. The van der Waals surface area contributed by atoms with E-state index in [1.165, 1.54) is 18.0 Å². The molecule has 50 heavy (non-hydrogen) atoms. The van der Waals surface area contributed by atoms with Gasteiger partial charge in [-0.3, -0.25) is 24.0 Å². The highest BCUT2D eigenvalue weighted by Crippen LogP contribution is 2.36. The van der Waals surface area contributed by atoms with Gasteiger partial charge in [-0.2, -0.15) is 0 Å². The lowest BCUT2D eigenvalue weighted by Crippen LogP contribution is -2.59. The number of aliphatic hydroxyl groups excluding tert-OH is 4. The Morgan fingerprint density at radius 3 is 2.34 bits per heavy atom. The second-order valence-electron chi connectivity index (χ2n) is 12.9. The first kappa shape index (κ1) is 39.5. The van der Waals surface area contributed by atoms with E-state index in [2.05, 4.69) is 11.6 Å². The number of nitrogens with two attached hydrogens (primary N) is 1. The van der Waals surface area contributed by atoms with Crippen LogP contribution in [0.15, 0.2) is 46.3 Å². The molecule has 0 spiro atoms. The number of hydrogen-bond acceptors (Lipinski definition) is 14. The number of esters is 1. The molecule has 17 heteroatoms. The fourth-order valence-electron chi connectivity index (χ4n) is 6.43. The molecular weight excluding hydrogens is 658 g/mol. The average Bonchev–Trinajstić information content (AvgIpc) is 3.49. The van der Waals surface area contributed by atoms with Crippen LogP contribution in [0.2, 0.25) is 0 Å². The number of nitrogens with one attached hydrogen (secondary N) is 1. The molecule has 1 aromatic rings. The van der Waals surface area contributed by atoms with Crippen molar-refractivity contribution in [2.24, 2.45) is 5.73 Å². The van der Waals surface area contributed by atoms with E-state index >= 15 is 0 Å². The summed E-state index contributed by atoms with van der Waals surface area (Å²) in [5, 5.41) is 43.4. The Bertz CT molecular complexity index is 1450. The number of aliphatic hydroxyl groups is 4. The Balaban J connectivity index is 1.50. The number of ether oxygens (including phenoxy) is 4. The van der Waals surface area contributed by atoms with E-state index in [4.69, 9.17) is 24.7 Å². The summed E-state index contributed by atoms with van der Waals surface area (Å²) in [5.41, 5.74) is 4.03. The molecule has 0 unspecified atom stereocenters. The average molecular weight is 710 g/mol. The van der Waals surface area contributed by atoms with Gasteiger partial charge in [-0.15, -0.1) is 6.58 Å². The maximum absolute atomic E-state index is 14.2. The van der Waals surface area contributed by atoms with Gasteiger partial charge in [0, 0.05) is 32.4 Å². The minimum absolute atomic E-state index is 0.0210. The van der Waals surface area contributed by atoms with Crippen molar-refractivity contribution in [3.8, 4) is 0 Å². The predicted molar refractivity (Wildman–Crippen MR) is 177 cm³/mol. The molecule has 0 aliphatic carbocycles. The number of unbranched alkanes of at least 4 members (excludes halogenated alkanes) is 7. The van der Waals surface area contributed by atoms with Gasteiger partial charge in [0.25, 0.3) is 5.56 Å². The summed E-state index contributed by atoms with van der Waals surface area (Å²) in [5.74, 6) is -1.39. The van der Waals surface area contributed by atoms with Crippen LogP contribution in [0, 0.1) is 0 Å². The van der Waals surface area contributed by atoms with Crippen LogP contribution in [-0.2, 0) is 28.5 Å². The molecule has 280 valence electrons. The van der Waals surface area contributed by atoms with Gasteiger partial charge in [-0.25, -0.2) is 9.59 Å². The molecule has 0 saturated carbocycles. The second kappa shape index (κ2) is 18.3. The Hall–Kier alpha value is -3.26. The SMILES string of the molecule is C=CCCCCCCCCCOC(=O)C1=CCN(C)[C@@H]([C@H](O[C@@H]2O[C@H](CN)[C@@H](O)[C@H]2O)[C@H]2O[C@@H](n3ccc(=O)[nH]c3=O)[C@H](O)[C@@H]2O)C(=O)N1C. The van der Waals surface area contributed by atoms with Gasteiger partial charge in [0.1, 0.15) is 54.5 Å². The molecule has 2 fully saturated rings. The van der Waals surface area contributed by atoms with E-state index in [-0.39, 0.29) is 25.4 Å². The molecule has 0 radical (unpaired) electrons. The molecule has 2 saturated heterocycles. The first-order valence-electron chi connectivity index (χ1n) is 17.1. The number of carbonyl (C=O) groups excluding carboxylic acids is 2. The summed E-state index contributed by atoms with van der Waals surface area (Å²) in [6.45, 7) is 3.76. The van der Waals surface area contributed by atoms with Crippen molar-refractivity contribution < 1.29 is 49.0 Å². The zero-order valence-corrected chi connectivity index (χ0v) is 28.5. The molecule has 1 amide bonds. The highest BCUT2D eigenvalue weighted by Gasteiger charge is 2.55. The van der Waals surface area contributed by atoms with Crippen LogP contribution >= 0.6 is 0 Å². The van der Waals surface area contributed by atoms with Crippen LogP contribution in [0.1, 0.15) is 57.6 Å². The van der Waals surface area contributed by atoms with Crippen molar-refractivity contribution in [1.29, 1.82) is 0 Å². The number of rotatable bonds is 17. The molecule has 4 heterocycles. The van der Waals surface area contributed by atoms with Crippen LogP contribution in [0.4, 0.5) is 0 Å². The Labute approximate surface area is 289 Å². The van der Waals surface area contributed by atoms with E-state index < -0.39 is 84.4 Å². The van der Waals surface area contributed by atoms with Crippen LogP contribution < -0.4 is 17.0 Å². The normalized spacial score (nSPS) is 31.0. The minimum atomic E-state index is -1.77. The molecule has 17 nitrogen and oxygen atoms in total. The van der Waals surface area contributed by atoms with E-state index in [1.807, 2.05) is 6.08 Å².